The lowest BCUT2D eigenvalue weighted by atomic mass is 10.0. The second-order valence-electron chi connectivity index (χ2n) is 3.60. The van der Waals surface area contributed by atoms with E-state index in [1.54, 1.807) is 6.92 Å². The van der Waals surface area contributed by atoms with E-state index in [-0.39, 0.29) is 30.6 Å². The van der Waals surface area contributed by atoms with Crippen LogP contribution in [0.15, 0.2) is 6.07 Å². The summed E-state index contributed by atoms with van der Waals surface area (Å²) < 4.78 is 31.6. The Hall–Kier alpha value is -1.65. The molecule has 0 bridgehead atoms. The third-order valence-electron chi connectivity index (χ3n) is 2.41. The number of aromatic hydroxyl groups is 1. The van der Waals surface area contributed by atoms with Crippen molar-refractivity contribution < 1.29 is 23.4 Å². The van der Waals surface area contributed by atoms with Gasteiger partial charge in [0, 0.05) is 23.6 Å². The molecule has 5 heteroatoms. The van der Waals surface area contributed by atoms with Crippen LogP contribution in [-0.2, 0) is 16.0 Å². The summed E-state index contributed by atoms with van der Waals surface area (Å²) in [6, 6.07) is 0.846. The van der Waals surface area contributed by atoms with Crippen LogP contribution in [0.1, 0.15) is 24.5 Å². The molecular weight excluding hydrogens is 230 g/mol. The highest BCUT2D eigenvalue weighted by Crippen LogP contribution is 2.26. The van der Waals surface area contributed by atoms with Gasteiger partial charge >= 0.3 is 5.97 Å². The van der Waals surface area contributed by atoms with Crippen molar-refractivity contribution in [2.45, 2.75) is 26.7 Å². The lowest BCUT2D eigenvalue weighted by Crippen LogP contribution is -2.07. The zero-order valence-electron chi connectivity index (χ0n) is 9.72. The molecular formula is C12H14F2O3. The predicted molar refractivity (Wildman–Crippen MR) is 57.7 cm³/mol. The quantitative estimate of drug-likeness (QED) is 0.827. The van der Waals surface area contributed by atoms with Gasteiger partial charge < -0.3 is 9.84 Å². The van der Waals surface area contributed by atoms with Gasteiger partial charge in [0.15, 0.2) is 0 Å². The third-order valence-corrected chi connectivity index (χ3v) is 2.41. The molecule has 0 aromatic heterocycles. The van der Waals surface area contributed by atoms with Gasteiger partial charge in [-0.3, -0.25) is 4.79 Å². The number of halogens is 2. The highest BCUT2D eigenvalue weighted by Gasteiger charge is 2.16. The van der Waals surface area contributed by atoms with Crippen LogP contribution < -0.4 is 0 Å². The molecule has 1 rings (SSSR count). The van der Waals surface area contributed by atoms with Crippen LogP contribution in [-0.4, -0.2) is 17.7 Å². The summed E-state index contributed by atoms with van der Waals surface area (Å²) >= 11 is 0. The number of carbonyl (C=O) groups is 1. The summed E-state index contributed by atoms with van der Waals surface area (Å²) in [5.41, 5.74) is -0.224. The lowest BCUT2D eigenvalue weighted by Gasteiger charge is -2.08. The maximum absolute atomic E-state index is 13.6. The molecule has 0 aliphatic heterocycles. The molecule has 94 valence electrons. The molecule has 3 nitrogen and oxygen atoms in total. The maximum Gasteiger partial charge on any atom is 0.306 e. The third kappa shape index (κ3) is 3.15. The fraction of sp³-hybridized carbons (Fsp3) is 0.417. The predicted octanol–water partition coefficient (Wildman–Crippen LogP) is 2.47. The van der Waals surface area contributed by atoms with E-state index >= 15 is 0 Å². The van der Waals surface area contributed by atoms with Gasteiger partial charge in [0.2, 0.25) is 0 Å². The number of ether oxygens (including phenoxy) is 1. The summed E-state index contributed by atoms with van der Waals surface area (Å²) in [5.74, 6) is -2.60. The summed E-state index contributed by atoms with van der Waals surface area (Å²) in [6.07, 6.45) is -0.177. The van der Waals surface area contributed by atoms with E-state index in [0.717, 1.165) is 6.07 Å². The number of carbonyl (C=O) groups excluding carboxylic acids is 1. The Morgan fingerprint density at radius 3 is 2.71 bits per heavy atom. The van der Waals surface area contributed by atoms with Crippen molar-refractivity contribution >= 4 is 5.97 Å². The van der Waals surface area contributed by atoms with Crippen molar-refractivity contribution in [3.63, 3.8) is 0 Å². The van der Waals surface area contributed by atoms with Gasteiger partial charge in [-0.2, -0.15) is 0 Å². The standard InChI is InChI=1S/C12H14F2O3/c1-3-17-11(16)5-4-8-9(13)6-10(15)7(2)12(8)14/h6,15H,3-5H2,1-2H3. The Labute approximate surface area is 98.0 Å². The molecule has 0 aliphatic carbocycles. The first-order chi connectivity index (χ1) is 7.97. The van der Waals surface area contributed by atoms with Crippen LogP contribution >= 0.6 is 0 Å². The van der Waals surface area contributed by atoms with Crippen molar-refractivity contribution in [1.82, 2.24) is 0 Å². The van der Waals surface area contributed by atoms with Crippen LogP contribution in [0.25, 0.3) is 0 Å². The molecule has 1 N–H and O–H groups in total. The zero-order valence-corrected chi connectivity index (χ0v) is 9.72. The van der Waals surface area contributed by atoms with Gasteiger partial charge in [-0.05, 0) is 20.3 Å². The maximum atomic E-state index is 13.6. The van der Waals surface area contributed by atoms with E-state index in [4.69, 9.17) is 0 Å². The molecule has 0 aliphatic rings. The van der Waals surface area contributed by atoms with Crippen LogP contribution in [0.2, 0.25) is 0 Å². The Morgan fingerprint density at radius 2 is 2.12 bits per heavy atom. The molecule has 0 saturated carbocycles. The van der Waals surface area contributed by atoms with Crippen LogP contribution in [0.4, 0.5) is 8.78 Å². The summed E-state index contributed by atoms with van der Waals surface area (Å²) in [6.45, 7) is 3.24. The molecule has 0 heterocycles. The minimum Gasteiger partial charge on any atom is -0.507 e. The largest absolute Gasteiger partial charge is 0.507 e. The van der Waals surface area contributed by atoms with E-state index < -0.39 is 23.4 Å². The lowest BCUT2D eigenvalue weighted by molar-refractivity contribution is -0.143. The topological polar surface area (TPSA) is 46.5 Å². The van der Waals surface area contributed by atoms with Crippen LogP contribution in [0, 0.1) is 18.6 Å². The second-order valence-corrected chi connectivity index (χ2v) is 3.60. The number of hydrogen-bond donors (Lipinski definition) is 1. The van der Waals surface area contributed by atoms with E-state index in [0.29, 0.717) is 0 Å². The SMILES string of the molecule is CCOC(=O)CCc1c(F)cc(O)c(C)c1F. The van der Waals surface area contributed by atoms with E-state index in [1.165, 1.54) is 6.92 Å². The first-order valence-electron chi connectivity index (χ1n) is 5.29. The van der Waals surface area contributed by atoms with E-state index in [1.807, 2.05) is 0 Å². The Balaban J connectivity index is 2.85. The van der Waals surface area contributed by atoms with Gasteiger partial charge in [-0.1, -0.05) is 0 Å². The van der Waals surface area contributed by atoms with Crippen molar-refractivity contribution in [2.75, 3.05) is 6.61 Å². The van der Waals surface area contributed by atoms with Gasteiger partial charge in [0.25, 0.3) is 0 Å². The molecule has 1 aromatic carbocycles. The molecule has 0 unspecified atom stereocenters. The molecule has 0 spiro atoms. The molecule has 0 radical (unpaired) electrons. The molecule has 0 atom stereocenters. The zero-order chi connectivity index (χ0) is 13.0. The molecule has 0 fully saturated rings. The van der Waals surface area contributed by atoms with Gasteiger partial charge in [0.05, 0.1) is 6.61 Å². The van der Waals surface area contributed by atoms with E-state index in [2.05, 4.69) is 4.74 Å². The highest BCUT2D eigenvalue weighted by atomic mass is 19.1. The molecule has 0 saturated heterocycles. The number of phenols is 1. The number of rotatable bonds is 4. The Morgan fingerprint density at radius 1 is 1.47 bits per heavy atom. The molecule has 0 amide bonds. The highest BCUT2D eigenvalue weighted by molar-refractivity contribution is 5.69. The summed E-state index contributed by atoms with van der Waals surface area (Å²) in [5, 5.41) is 9.20. The van der Waals surface area contributed by atoms with Crippen LogP contribution in [0.3, 0.4) is 0 Å². The average Bonchev–Trinajstić information content (AvgIpc) is 2.26. The molecule has 1 aromatic rings. The molecule has 17 heavy (non-hydrogen) atoms. The number of hydrogen-bond acceptors (Lipinski definition) is 3. The second kappa shape index (κ2) is 5.61. The summed E-state index contributed by atoms with van der Waals surface area (Å²) in [4.78, 5) is 11.1. The first-order valence-corrected chi connectivity index (χ1v) is 5.29. The number of esters is 1. The van der Waals surface area contributed by atoms with Crippen molar-refractivity contribution in [2.24, 2.45) is 0 Å². The monoisotopic (exact) mass is 244 g/mol. The minimum atomic E-state index is -0.852. The van der Waals surface area contributed by atoms with Crippen molar-refractivity contribution in [3.05, 3.63) is 28.8 Å². The number of benzene rings is 1. The first kappa shape index (κ1) is 13.4. The normalized spacial score (nSPS) is 10.4. The Bertz CT molecular complexity index is 430. The van der Waals surface area contributed by atoms with Crippen LogP contribution in [0.5, 0.6) is 5.75 Å². The fourth-order valence-corrected chi connectivity index (χ4v) is 1.45. The van der Waals surface area contributed by atoms with Gasteiger partial charge in [-0.15, -0.1) is 0 Å². The van der Waals surface area contributed by atoms with Gasteiger partial charge in [-0.25, -0.2) is 8.78 Å². The smallest absolute Gasteiger partial charge is 0.306 e. The van der Waals surface area contributed by atoms with Gasteiger partial charge in [0.1, 0.15) is 17.4 Å². The van der Waals surface area contributed by atoms with Crippen molar-refractivity contribution in [1.29, 1.82) is 0 Å². The minimum absolute atomic E-state index is 0.0229. The Kier molecular flexibility index (Phi) is 4.43. The van der Waals surface area contributed by atoms with Crippen molar-refractivity contribution in [3.8, 4) is 5.75 Å². The average molecular weight is 244 g/mol. The fourth-order valence-electron chi connectivity index (χ4n) is 1.45. The summed E-state index contributed by atoms with van der Waals surface area (Å²) in [7, 11) is 0. The number of phenolic OH excluding ortho intramolecular Hbond substituents is 1. The van der Waals surface area contributed by atoms with E-state index in [9.17, 15) is 18.7 Å².